The molecule has 0 bridgehead atoms. The standard InChI is InChI=1S/C17H27N3O2/c1-2-9-19(11-12-21)17(22)18-13-15-8-10-20(14-15)16-6-4-3-5-7-16/h3-7,15,21H,2,8-14H2,1H3,(H,18,22). The van der Waals surface area contributed by atoms with Crippen LogP contribution in [0.5, 0.6) is 0 Å². The first-order chi connectivity index (χ1) is 10.7. The summed E-state index contributed by atoms with van der Waals surface area (Å²) in [6, 6.07) is 10.3. The van der Waals surface area contributed by atoms with Gasteiger partial charge in [-0.3, -0.25) is 0 Å². The van der Waals surface area contributed by atoms with E-state index in [4.69, 9.17) is 5.11 Å². The van der Waals surface area contributed by atoms with Crippen LogP contribution < -0.4 is 10.2 Å². The molecule has 1 aromatic rings. The van der Waals surface area contributed by atoms with E-state index in [0.29, 0.717) is 25.6 Å². The van der Waals surface area contributed by atoms with Crippen LogP contribution in [0.2, 0.25) is 0 Å². The monoisotopic (exact) mass is 305 g/mol. The zero-order valence-corrected chi connectivity index (χ0v) is 13.4. The van der Waals surface area contributed by atoms with Crippen LogP contribution in [0, 0.1) is 5.92 Å². The van der Waals surface area contributed by atoms with Crippen LogP contribution in [0.3, 0.4) is 0 Å². The van der Waals surface area contributed by atoms with Crippen molar-refractivity contribution < 1.29 is 9.90 Å². The van der Waals surface area contributed by atoms with Crippen LogP contribution in [0.25, 0.3) is 0 Å². The van der Waals surface area contributed by atoms with Gasteiger partial charge in [-0.2, -0.15) is 0 Å². The summed E-state index contributed by atoms with van der Waals surface area (Å²) in [6.07, 6.45) is 2.00. The molecule has 0 aromatic heterocycles. The molecule has 2 rings (SSSR count). The summed E-state index contributed by atoms with van der Waals surface area (Å²) < 4.78 is 0. The maximum absolute atomic E-state index is 12.1. The van der Waals surface area contributed by atoms with E-state index in [1.165, 1.54) is 5.69 Å². The summed E-state index contributed by atoms with van der Waals surface area (Å²) in [6.45, 7) is 5.87. The maximum atomic E-state index is 12.1. The molecule has 1 aliphatic rings. The molecule has 1 unspecified atom stereocenters. The number of para-hydroxylation sites is 1. The van der Waals surface area contributed by atoms with Gasteiger partial charge in [0.2, 0.25) is 0 Å². The van der Waals surface area contributed by atoms with Gasteiger partial charge < -0.3 is 20.2 Å². The van der Waals surface area contributed by atoms with Gasteiger partial charge in [-0.25, -0.2) is 4.79 Å². The molecule has 2 N–H and O–H groups in total. The van der Waals surface area contributed by atoms with Gasteiger partial charge in [-0.15, -0.1) is 0 Å². The molecule has 0 radical (unpaired) electrons. The lowest BCUT2D eigenvalue weighted by Gasteiger charge is -2.23. The fourth-order valence-corrected chi connectivity index (χ4v) is 2.92. The smallest absolute Gasteiger partial charge is 0.317 e. The van der Waals surface area contributed by atoms with Crippen LogP contribution >= 0.6 is 0 Å². The Morgan fingerprint density at radius 2 is 2.14 bits per heavy atom. The van der Waals surface area contributed by atoms with Crippen LogP contribution in [0.4, 0.5) is 10.5 Å². The van der Waals surface area contributed by atoms with Crippen LogP contribution in [-0.4, -0.2) is 55.4 Å². The van der Waals surface area contributed by atoms with Crippen molar-refractivity contribution in [2.24, 2.45) is 5.92 Å². The Labute approximate surface area is 132 Å². The summed E-state index contributed by atoms with van der Waals surface area (Å²) in [5.74, 6) is 0.488. The average Bonchev–Trinajstić information content (AvgIpc) is 3.02. The molecule has 0 spiro atoms. The lowest BCUT2D eigenvalue weighted by atomic mass is 10.1. The highest BCUT2D eigenvalue weighted by Gasteiger charge is 2.23. The second-order valence-corrected chi connectivity index (χ2v) is 5.83. The van der Waals surface area contributed by atoms with Gasteiger partial charge in [0.05, 0.1) is 6.61 Å². The molecule has 0 saturated carbocycles. The van der Waals surface area contributed by atoms with Crippen molar-refractivity contribution in [3.63, 3.8) is 0 Å². The third-order valence-corrected chi connectivity index (χ3v) is 4.10. The second-order valence-electron chi connectivity index (χ2n) is 5.83. The number of carbonyl (C=O) groups excluding carboxylic acids is 1. The fourth-order valence-electron chi connectivity index (χ4n) is 2.92. The van der Waals surface area contributed by atoms with Crippen molar-refractivity contribution in [3.8, 4) is 0 Å². The van der Waals surface area contributed by atoms with E-state index in [0.717, 1.165) is 25.9 Å². The topological polar surface area (TPSA) is 55.8 Å². The SMILES string of the molecule is CCCN(CCO)C(=O)NCC1CCN(c2ccccc2)C1. The van der Waals surface area contributed by atoms with Crippen molar-refractivity contribution in [3.05, 3.63) is 30.3 Å². The molecule has 122 valence electrons. The molecule has 1 heterocycles. The zero-order valence-electron chi connectivity index (χ0n) is 13.4. The lowest BCUT2D eigenvalue weighted by Crippen LogP contribution is -2.43. The van der Waals surface area contributed by atoms with E-state index in [1.807, 2.05) is 13.0 Å². The number of amides is 2. The number of carbonyl (C=O) groups is 1. The van der Waals surface area contributed by atoms with Crippen molar-refractivity contribution >= 4 is 11.7 Å². The minimum atomic E-state index is -0.0611. The largest absolute Gasteiger partial charge is 0.395 e. The van der Waals surface area contributed by atoms with Crippen molar-refractivity contribution in [2.75, 3.05) is 44.2 Å². The molecule has 1 fully saturated rings. The summed E-state index contributed by atoms with van der Waals surface area (Å²) in [5.41, 5.74) is 1.25. The quantitative estimate of drug-likeness (QED) is 0.809. The number of nitrogens with zero attached hydrogens (tertiary/aromatic N) is 2. The van der Waals surface area contributed by atoms with Crippen LogP contribution in [0.1, 0.15) is 19.8 Å². The highest BCUT2D eigenvalue weighted by Crippen LogP contribution is 2.22. The molecule has 0 aliphatic carbocycles. The third-order valence-electron chi connectivity index (χ3n) is 4.10. The van der Waals surface area contributed by atoms with E-state index < -0.39 is 0 Å². The second kappa shape index (κ2) is 8.63. The summed E-state index contributed by atoms with van der Waals surface area (Å²) >= 11 is 0. The van der Waals surface area contributed by atoms with E-state index in [-0.39, 0.29) is 12.6 Å². The fraction of sp³-hybridized carbons (Fsp3) is 0.588. The average molecular weight is 305 g/mol. The molecule has 2 amide bonds. The minimum Gasteiger partial charge on any atom is -0.395 e. The third kappa shape index (κ3) is 4.63. The Bertz CT molecular complexity index is 446. The van der Waals surface area contributed by atoms with Gasteiger partial charge in [0.1, 0.15) is 0 Å². The number of anilines is 1. The predicted molar refractivity (Wildman–Crippen MR) is 89.1 cm³/mol. The maximum Gasteiger partial charge on any atom is 0.317 e. The van der Waals surface area contributed by atoms with E-state index in [1.54, 1.807) is 4.90 Å². The van der Waals surface area contributed by atoms with Gasteiger partial charge in [-0.1, -0.05) is 25.1 Å². The zero-order chi connectivity index (χ0) is 15.8. The Kier molecular flexibility index (Phi) is 6.52. The number of aliphatic hydroxyl groups excluding tert-OH is 1. The Balaban J connectivity index is 1.77. The van der Waals surface area contributed by atoms with Crippen molar-refractivity contribution in [1.82, 2.24) is 10.2 Å². The molecule has 1 atom stereocenters. The first kappa shape index (κ1) is 16.6. The number of rotatable bonds is 7. The minimum absolute atomic E-state index is 0.0125. The highest BCUT2D eigenvalue weighted by molar-refractivity contribution is 5.74. The van der Waals surface area contributed by atoms with E-state index in [2.05, 4.69) is 34.5 Å². The molecule has 22 heavy (non-hydrogen) atoms. The summed E-state index contributed by atoms with van der Waals surface area (Å²) in [7, 11) is 0. The number of aliphatic hydroxyl groups is 1. The first-order valence-corrected chi connectivity index (χ1v) is 8.18. The Hall–Kier alpha value is -1.75. The molecule has 1 saturated heterocycles. The Morgan fingerprint density at radius 1 is 1.36 bits per heavy atom. The summed E-state index contributed by atoms with van der Waals surface area (Å²) in [5, 5.41) is 12.0. The van der Waals surface area contributed by atoms with Gasteiger partial charge >= 0.3 is 6.03 Å². The first-order valence-electron chi connectivity index (χ1n) is 8.18. The van der Waals surface area contributed by atoms with Gasteiger partial charge in [0, 0.05) is 38.4 Å². The number of benzene rings is 1. The van der Waals surface area contributed by atoms with Crippen LogP contribution in [0.15, 0.2) is 30.3 Å². The number of hydrogen-bond acceptors (Lipinski definition) is 3. The number of hydrogen-bond donors (Lipinski definition) is 2. The summed E-state index contributed by atoms with van der Waals surface area (Å²) in [4.78, 5) is 16.2. The molecular formula is C17H27N3O2. The number of nitrogens with one attached hydrogen (secondary N) is 1. The van der Waals surface area contributed by atoms with E-state index in [9.17, 15) is 4.79 Å². The molecule has 1 aliphatic heterocycles. The molecular weight excluding hydrogens is 278 g/mol. The number of urea groups is 1. The van der Waals surface area contributed by atoms with Crippen molar-refractivity contribution in [2.45, 2.75) is 19.8 Å². The van der Waals surface area contributed by atoms with Gasteiger partial charge in [-0.05, 0) is 30.9 Å². The van der Waals surface area contributed by atoms with Crippen LogP contribution in [-0.2, 0) is 0 Å². The van der Waals surface area contributed by atoms with Gasteiger partial charge in [0.25, 0.3) is 0 Å². The lowest BCUT2D eigenvalue weighted by molar-refractivity contribution is 0.176. The van der Waals surface area contributed by atoms with E-state index >= 15 is 0 Å². The normalized spacial score (nSPS) is 17.5. The Morgan fingerprint density at radius 3 is 2.82 bits per heavy atom. The molecule has 1 aromatic carbocycles. The highest BCUT2D eigenvalue weighted by atomic mass is 16.3. The molecule has 5 heteroatoms. The van der Waals surface area contributed by atoms with Crippen molar-refractivity contribution in [1.29, 1.82) is 0 Å². The predicted octanol–water partition coefficient (Wildman–Crippen LogP) is 1.93. The van der Waals surface area contributed by atoms with Gasteiger partial charge in [0.15, 0.2) is 0 Å². The molecule has 5 nitrogen and oxygen atoms in total.